The molecule has 0 amide bonds. The highest BCUT2D eigenvalue weighted by atomic mass is 32.2. The Labute approximate surface area is 194 Å². The molecule has 1 N–H and O–H groups in total. The van der Waals surface area contributed by atoms with Gasteiger partial charge in [-0.1, -0.05) is 6.08 Å². The number of hydrogen-bond donors (Lipinski definition) is 1. The minimum atomic E-state index is -4.81. The van der Waals surface area contributed by atoms with Gasteiger partial charge in [-0.3, -0.25) is 9.55 Å². The van der Waals surface area contributed by atoms with E-state index in [0.717, 1.165) is 24.4 Å². The molecule has 35 heavy (non-hydrogen) atoms. The summed E-state index contributed by atoms with van der Waals surface area (Å²) in [7, 11) is -4.59. The normalized spacial score (nSPS) is 15.0. The van der Waals surface area contributed by atoms with Crippen molar-refractivity contribution in [2.75, 3.05) is 0 Å². The molecule has 1 aliphatic carbocycles. The van der Waals surface area contributed by atoms with Gasteiger partial charge >= 0.3 is 12.4 Å². The molecule has 0 saturated carbocycles. The molecule has 3 aromatic heterocycles. The Morgan fingerprint density at radius 2 is 1.80 bits per heavy atom. The minimum Gasteiger partial charge on any atom is -0.291 e. The molecule has 0 aliphatic heterocycles. The first-order chi connectivity index (χ1) is 16.2. The molecule has 0 aromatic carbocycles. The number of nitrogens with one attached hydrogen (secondary N) is 1. The summed E-state index contributed by atoms with van der Waals surface area (Å²) in [5, 5.41) is 9.67. The van der Waals surface area contributed by atoms with Crippen LogP contribution >= 0.6 is 0 Å². The number of halogens is 6. The van der Waals surface area contributed by atoms with Gasteiger partial charge in [-0.25, -0.2) is 13.4 Å². The quantitative estimate of drug-likeness (QED) is 0.502. The first-order valence-corrected chi connectivity index (χ1v) is 11.2. The van der Waals surface area contributed by atoms with Crippen LogP contribution in [0.15, 0.2) is 53.7 Å². The predicted octanol–water partition coefficient (Wildman–Crippen LogP) is 4.63. The Morgan fingerprint density at radius 3 is 2.29 bits per heavy atom. The number of aromatic nitrogens is 3. The second kappa shape index (κ2) is 8.21. The van der Waals surface area contributed by atoms with E-state index in [0.29, 0.717) is 18.8 Å². The average Bonchev–Trinajstić information content (AvgIpc) is 3.04. The lowest BCUT2D eigenvalue weighted by Crippen LogP contribution is -2.42. The molecule has 3 aromatic rings. The van der Waals surface area contributed by atoms with Crippen molar-refractivity contribution in [2.24, 2.45) is 0 Å². The molecule has 1 unspecified atom stereocenters. The van der Waals surface area contributed by atoms with Crippen molar-refractivity contribution < 1.29 is 34.8 Å². The fraction of sp³-hybridized carbons (Fsp3) is 0.190. The molecule has 0 fully saturated rings. The van der Waals surface area contributed by atoms with Gasteiger partial charge in [0.15, 0.2) is 0 Å². The summed E-state index contributed by atoms with van der Waals surface area (Å²) in [5.41, 5.74) is -0.686. The summed E-state index contributed by atoms with van der Waals surface area (Å²) < 4.78 is 106. The van der Waals surface area contributed by atoms with E-state index >= 15 is 0 Å². The number of hydrogen-bond acceptors (Lipinski definition) is 5. The number of alkyl halides is 6. The molecule has 0 spiro atoms. The summed E-state index contributed by atoms with van der Waals surface area (Å²) in [4.78, 5) is 7.31. The van der Waals surface area contributed by atoms with Gasteiger partial charge in [-0.05, 0) is 37.3 Å². The Morgan fingerprint density at radius 1 is 1.11 bits per heavy atom. The third kappa shape index (κ3) is 4.40. The SMILES string of the molecule is CC(NS(=O)(=O)c1ccc(-c2c(C#N)c3cc(C(F)(F)F)cnc3n2C2=CC=C2)nc1)C(F)(F)F. The molecule has 182 valence electrons. The highest BCUT2D eigenvalue weighted by Crippen LogP contribution is 2.38. The van der Waals surface area contributed by atoms with Crippen molar-refractivity contribution in [3.63, 3.8) is 0 Å². The van der Waals surface area contributed by atoms with Gasteiger partial charge in [0.1, 0.15) is 22.7 Å². The highest BCUT2D eigenvalue weighted by Gasteiger charge is 2.39. The predicted molar refractivity (Wildman–Crippen MR) is 112 cm³/mol. The molecule has 4 rings (SSSR count). The minimum absolute atomic E-state index is 0.00266. The van der Waals surface area contributed by atoms with Crippen LogP contribution in [-0.2, 0) is 16.2 Å². The van der Waals surface area contributed by atoms with Crippen molar-refractivity contribution >= 4 is 26.8 Å². The average molecular weight is 513 g/mol. The topological polar surface area (TPSA) is 101 Å². The van der Waals surface area contributed by atoms with Crippen LogP contribution in [0.2, 0.25) is 0 Å². The van der Waals surface area contributed by atoms with E-state index in [2.05, 4.69) is 9.97 Å². The zero-order chi connectivity index (χ0) is 25.8. The van der Waals surface area contributed by atoms with Gasteiger partial charge in [-0.2, -0.15) is 36.3 Å². The van der Waals surface area contributed by atoms with Crippen LogP contribution < -0.4 is 4.72 Å². The van der Waals surface area contributed by atoms with Crippen molar-refractivity contribution in [2.45, 2.75) is 30.2 Å². The lowest BCUT2D eigenvalue weighted by Gasteiger charge is -2.17. The second-order valence-corrected chi connectivity index (χ2v) is 9.19. The molecule has 0 radical (unpaired) electrons. The maximum absolute atomic E-state index is 13.2. The van der Waals surface area contributed by atoms with E-state index in [1.54, 1.807) is 18.2 Å². The van der Waals surface area contributed by atoms with Gasteiger partial charge in [0, 0.05) is 23.5 Å². The third-order valence-corrected chi connectivity index (χ3v) is 6.68. The van der Waals surface area contributed by atoms with Gasteiger partial charge < -0.3 is 0 Å². The third-order valence-electron chi connectivity index (χ3n) is 5.15. The van der Waals surface area contributed by atoms with Crippen molar-refractivity contribution in [1.82, 2.24) is 19.3 Å². The van der Waals surface area contributed by atoms with Crippen LogP contribution in [-0.4, -0.2) is 35.2 Å². The van der Waals surface area contributed by atoms with Crippen LogP contribution in [0.1, 0.15) is 18.1 Å². The zero-order valence-corrected chi connectivity index (χ0v) is 18.3. The molecular weight excluding hydrogens is 500 g/mol. The van der Waals surface area contributed by atoms with Crippen LogP contribution in [0.25, 0.3) is 28.1 Å². The maximum Gasteiger partial charge on any atom is 0.417 e. The molecule has 0 bridgehead atoms. The van der Waals surface area contributed by atoms with Gasteiger partial charge in [0.05, 0.1) is 22.5 Å². The Balaban J connectivity index is 1.85. The molecule has 1 atom stereocenters. The zero-order valence-electron chi connectivity index (χ0n) is 17.5. The standard InChI is InChI=1S/C21H13F6N5O2S/c1-11(20(22,23)24)31-35(33,34)14-5-6-17(29-10-14)18-16(8-28)15-7-12(21(25,26)27)9-30-19(15)32(18)13-3-2-4-13/h2-7,9-11,31H,1H3. The maximum atomic E-state index is 13.2. The molecule has 3 heterocycles. The van der Waals surface area contributed by atoms with Crippen LogP contribution in [0, 0.1) is 11.3 Å². The van der Waals surface area contributed by atoms with Gasteiger partial charge in [-0.15, -0.1) is 0 Å². The summed E-state index contributed by atoms with van der Waals surface area (Å²) in [6.07, 6.45) is -3.21. The van der Waals surface area contributed by atoms with Crippen LogP contribution in [0.5, 0.6) is 0 Å². The van der Waals surface area contributed by atoms with E-state index in [1.807, 2.05) is 6.07 Å². The molecule has 7 nitrogen and oxygen atoms in total. The number of nitriles is 1. The van der Waals surface area contributed by atoms with E-state index in [1.165, 1.54) is 9.29 Å². The fourth-order valence-corrected chi connectivity index (χ4v) is 4.48. The number of sulfonamides is 1. The van der Waals surface area contributed by atoms with E-state index in [-0.39, 0.29) is 28.0 Å². The van der Waals surface area contributed by atoms with Crippen molar-refractivity contribution in [1.29, 1.82) is 5.26 Å². The number of pyridine rings is 2. The summed E-state index contributed by atoms with van der Waals surface area (Å²) in [5.74, 6) is 0. The Kier molecular flexibility index (Phi) is 5.73. The lowest BCUT2D eigenvalue weighted by atomic mass is 10.1. The number of fused-ring (bicyclic) bond motifs is 1. The monoisotopic (exact) mass is 513 g/mol. The molecular formula is C21H13F6N5O2S. The van der Waals surface area contributed by atoms with E-state index < -0.39 is 38.9 Å². The largest absolute Gasteiger partial charge is 0.417 e. The number of nitrogens with zero attached hydrogens (tertiary/aromatic N) is 4. The lowest BCUT2D eigenvalue weighted by molar-refractivity contribution is -0.147. The van der Waals surface area contributed by atoms with Crippen molar-refractivity contribution in [3.8, 4) is 17.5 Å². The van der Waals surface area contributed by atoms with Crippen molar-refractivity contribution in [3.05, 3.63) is 59.9 Å². The highest BCUT2D eigenvalue weighted by molar-refractivity contribution is 7.89. The molecule has 1 aliphatic rings. The second-order valence-electron chi connectivity index (χ2n) is 7.48. The van der Waals surface area contributed by atoms with E-state index in [9.17, 15) is 40.0 Å². The molecule has 14 heteroatoms. The molecule has 0 saturated heterocycles. The summed E-state index contributed by atoms with van der Waals surface area (Å²) in [6, 6.07) is 2.41. The number of allylic oxidation sites excluding steroid dienone is 4. The smallest absolute Gasteiger partial charge is 0.291 e. The first-order valence-electron chi connectivity index (χ1n) is 9.70. The Hall–Kier alpha value is -3.70. The summed E-state index contributed by atoms with van der Waals surface area (Å²) >= 11 is 0. The van der Waals surface area contributed by atoms with Crippen LogP contribution in [0.3, 0.4) is 0 Å². The fourth-order valence-electron chi connectivity index (χ4n) is 3.31. The van der Waals surface area contributed by atoms with Gasteiger partial charge in [0.2, 0.25) is 10.0 Å². The summed E-state index contributed by atoms with van der Waals surface area (Å²) in [6.45, 7) is 0.638. The van der Waals surface area contributed by atoms with Gasteiger partial charge in [0.25, 0.3) is 0 Å². The van der Waals surface area contributed by atoms with E-state index in [4.69, 9.17) is 0 Å². The Bertz CT molecular complexity index is 1530. The number of rotatable bonds is 5. The van der Waals surface area contributed by atoms with Crippen LogP contribution in [0.4, 0.5) is 26.3 Å². The first kappa shape index (κ1) is 24.4.